The van der Waals surface area contributed by atoms with E-state index in [4.69, 9.17) is 0 Å². The summed E-state index contributed by atoms with van der Waals surface area (Å²) >= 11 is 1.37. The third-order valence-corrected chi connectivity index (χ3v) is 5.42. The van der Waals surface area contributed by atoms with Crippen molar-refractivity contribution in [2.45, 2.75) is 32.2 Å². The second-order valence-corrected chi connectivity index (χ2v) is 7.46. The summed E-state index contributed by atoms with van der Waals surface area (Å²) < 4.78 is 1.67. The first-order valence-corrected chi connectivity index (χ1v) is 10.0. The van der Waals surface area contributed by atoms with Gasteiger partial charge in [-0.15, -0.1) is 11.3 Å². The van der Waals surface area contributed by atoms with Crippen LogP contribution in [0.15, 0.2) is 40.6 Å². The number of benzene rings is 1. The van der Waals surface area contributed by atoms with E-state index in [-0.39, 0.29) is 17.9 Å². The van der Waals surface area contributed by atoms with Gasteiger partial charge in [0.1, 0.15) is 0 Å². The first-order valence-electron chi connectivity index (χ1n) is 9.16. The normalized spacial score (nSPS) is 14.4. The molecule has 0 aliphatic carbocycles. The minimum Gasteiger partial charge on any atom is -0.352 e. The quantitative estimate of drug-likeness (QED) is 0.733. The third-order valence-electron chi connectivity index (χ3n) is 4.73. The van der Waals surface area contributed by atoms with Crippen LogP contribution < -0.4 is 15.8 Å². The zero-order chi connectivity index (χ0) is 18.6. The molecule has 1 N–H and O–H groups in total. The fourth-order valence-electron chi connectivity index (χ4n) is 3.39. The molecule has 27 heavy (non-hydrogen) atoms. The second-order valence-electron chi connectivity index (χ2n) is 6.56. The lowest BCUT2D eigenvalue weighted by Crippen LogP contribution is -2.37. The Morgan fingerprint density at radius 3 is 2.78 bits per heavy atom. The first-order chi connectivity index (χ1) is 13.2. The summed E-state index contributed by atoms with van der Waals surface area (Å²) in [5.74, 6) is 0.339. The predicted octanol–water partition coefficient (Wildman–Crippen LogP) is 2.87. The molecule has 0 radical (unpaired) electrons. The number of nitrogens with one attached hydrogen (secondary N) is 1. The van der Waals surface area contributed by atoms with Gasteiger partial charge in [0.15, 0.2) is 10.9 Å². The standard InChI is InChI=1S/C19H21N5O2S/c25-16(22-19-20-9-13-27-19)8-12-24-15-7-3-2-6-14(15)21-17(18(24)26)23-10-4-1-5-11-23/h2-3,6-7,9,13H,1,4-5,8,10-12H2,(H,20,22,25). The Morgan fingerprint density at radius 1 is 1.19 bits per heavy atom. The van der Waals surface area contributed by atoms with Crippen LogP contribution in [-0.2, 0) is 11.3 Å². The van der Waals surface area contributed by atoms with Gasteiger partial charge in [-0.05, 0) is 31.4 Å². The van der Waals surface area contributed by atoms with Crippen LogP contribution in [0.25, 0.3) is 11.0 Å². The highest BCUT2D eigenvalue weighted by Gasteiger charge is 2.19. The van der Waals surface area contributed by atoms with E-state index >= 15 is 0 Å². The van der Waals surface area contributed by atoms with Gasteiger partial charge in [0.05, 0.1) is 11.0 Å². The molecule has 1 aliphatic heterocycles. The van der Waals surface area contributed by atoms with Crippen LogP contribution in [0.3, 0.4) is 0 Å². The van der Waals surface area contributed by atoms with Gasteiger partial charge in [-0.1, -0.05) is 12.1 Å². The number of para-hydroxylation sites is 2. The van der Waals surface area contributed by atoms with Crippen molar-refractivity contribution in [3.05, 3.63) is 46.2 Å². The second kappa shape index (κ2) is 7.87. The highest BCUT2D eigenvalue weighted by molar-refractivity contribution is 7.13. The molecular weight excluding hydrogens is 362 g/mol. The number of piperidine rings is 1. The molecular formula is C19H21N5O2S. The smallest absolute Gasteiger partial charge is 0.294 e. The maximum Gasteiger partial charge on any atom is 0.294 e. The summed E-state index contributed by atoms with van der Waals surface area (Å²) in [6.45, 7) is 2.01. The van der Waals surface area contributed by atoms with E-state index in [1.807, 2.05) is 24.3 Å². The molecule has 1 fully saturated rings. The van der Waals surface area contributed by atoms with Crippen molar-refractivity contribution < 1.29 is 4.79 Å². The molecule has 1 aliphatic rings. The maximum absolute atomic E-state index is 13.1. The largest absolute Gasteiger partial charge is 0.352 e. The van der Waals surface area contributed by atoms with Gasteiger partial charge < -0.3 is 14.8 Å². The number of fused-ring (bicyclic) bond motifs is 1. The van der Waals surface area contributed by atoms with E-state index in [2.05, 4.69) is 20.2 Å². The molecule has 140 valence electrons. The molecule has 1 amide bonds. The zero-order valence-electron chi connectivity index (χ0n) is 14.9. The van der Waals surface area contributed by atoms with Gasteiger partial charge in [0.25, 0.3) is 5.56 Å². The first kappa shape index (κ1) is 17.7. The van der Waals surface area contributed by atoms with E-state index in [1.165, 1.54) is 17.8 Å². The van der Waals surface area contributed by atoms with Crippen LogP contribution in [0.5, 0.6) is 0 Å². The number of aryl methyl sites for hydroxylation is 1. The van der Waals surface area contributed by atoms with Crippen LogP contribution in [-0.4, -0.2) is 33.5 Å². The lowest BCUT2D eigenvalue weighted by molar-refractivity contribution is -0.116. The molecule has 0 saturated carbocycles. The number of carbonyl (C=O) groups is 1. The van der Waals surface area contributed by atoms with Gasteiger partial charge in [0, 0.05) is 37.6 Å². The lowest BCUT2D eigenvalue weighted by atomic mass is 10.1. The molecule has 0 spiro atoms. The Bertz CT molecular complexity index is 993. The molecule has 3 aromatic rings. The van der Waals surface area contributed by atoms with E-state index in [1.54, 1.807) is 16.1 Å². The highest BCUT2D eigenvalue weighted by atomic mass is 32.1. The summed E-state index contributed by atoms with van der Waals surface area (Å²) in [5.41, 5.74) is 1.40. The number of amides is 1. The van der Waals surface area contributed by atoms with Crippen LogP contribution >= 0.6 is 11.3 Å². The molecule has 1 aromatic carbocycles. The van der Waals surface area contributed by atoms with Gasteiger partial charge in [-0.3, -0.25) is 9.59 Å². The van der Waals surface area contributed by atoms with Crippen molar-refractivity contribution in [3.63, 3.8) is 0 Å². The molecule has 4 rings (SSSR count). The van der Waals surface area contributed by atoms with E-state index in [0.717, 1.165) is 37.0 Å². The van der Waals surface area contributed by atoms with E-state index < -0.39 is 0 Å². The lowest BCUT2D eigenvalue weighted by Gasteiger charge is -2.27. The molecule has 8 heteroatoms. The van der Waals surface area contributed by atoms with E-state index in [9.17, 15) is 9.59 Å². The van der Waals surface area contributed by atoms with Crippen molar-refractivity contribution >= 4 is 39.2 Å². The number of hydrogen-bond acceptors (Lipinski definition) is 6. The summed E-state index contributed by atoms with van der Waals surface area (Å²) in [6.07, 6.45) is 5.18. The fourth-order valence-corrected chi connectivity index (χ4v) is 3.94. The summed E-state index contributed by atoms with van der Waals surface area (Å²) in [5, 5.41) is 5.14. The molecule has 3 heterocycles. The molecule has 0 bridgehead atoms. The Balaban J connectivity index is 1.62. The maximum atomic E-state index is 13.1. The van der Waals surface area contributed by atoms with Crippen LogP contribution in [0.1, 0.15) is 25.7 Å². The molecule has 7 nitrogen and oxygen atoms in total. The SMILES string of the molecule is O=C(CCn1c(=O)c(N2CCCCC2)nc2ccccc21)Nc1nccs1. The van der Waals surface area contributed by atoms with Gasteiger partial charge in [0.2, 0.25) is 5.91 Å². The van der Waals surface area contributed by atoms with Crippen molar-refractivity contribution in [2.75, 3.05) is 23.3 Å². The Hall–Kier alpha value is -2.74. The minimum atomic E-state index is -0.155. The number of rotatable bonds is 5. The Labute approximate surface area is 160 Å². The number of carbonyl (C=O) groups excluding carboxylic acids is 1. The van der Waals surface area contributed by atoms with Crippen LogP contribution in [0, 0.1) is 0 Å². The number of aromatic nitrogens is 3. The number of thiazole rings is 1. The topological polar surface area (TPSA) is 80.1 Å². The predicted molar refractivity (Wildman–Crippen MR) is 107 cm³/mol. The summed E-state index contributed by atoms with van der Waals surface area (Å²) in [4.78, 5) is 36.1. The summed E-state index contributed by atoms with van der Waals surface area (Å²) in [6, 6.07) is 7.59. The monoisotopic (exact) mass is 383 g/mol. The highest BCUT2D eigenvalue weighted by Crippen LogP contribution is 2.18. The average Bonchev–Trinajstić information content (AvgIpc) is 3.20. The van der Waals surface area contributed by atoms with Crippen molar-refractivity contribution in [1.29, 1.82) is 0 Å². The number of nitrogens with zero attached hydrogens (tertiary/aromatic N) is 4. The van der Waals surface area contributed by atoms with Gasteiger partial charge >= 0.3 is 0 Å². The summed E-state index contributed by atoms with van der Waals surface area (Å²) in [7, 11) is 0. The molecule has 0 unspecified atom stereocenters. The Kier molecular flexibility index (Phi) is 5.15. The van der Waals surface area contributed by atoms with Crippen LogP contribution in [0.4, 0.5) is 10.9 Å². The molecule has 2 aromatic heterocycles. The Morgan fingerprint density at radius 2 is 2.00 bits per heavy atom. The van der Waals surface area contributed by atoms with Crippen molar-refractivity contribution in [1.82, 2.24) is 14.5 Å². The number of hydrogen-bond donors (Lipinski definition) is 1. The van der Waals surface area contributed by atoms with Crippen molar-refractivity contribution in [2.24, 2.45) is 0 Å². The average molecular weight is 383 g/mol. The number of anilines is 2. The minimum absolute atomic E-state index is 0.127. The van der Waals surface area contributed by atoms with Crippen molar-refractivity contribution in [3.8, 4) is 0 Å². The zero-order valence-corrected chi connectivity index (χ0v) is 15.7. The van der Waals surface area contributed by atoms with Gasteiger partial charge in [-0.2, -0.15) is 0 Å². The van der Waals surface area contributed by atoms with Gasteiger partial charge in [-0.25, -0.2) is 9.97 Å². The third kappa shape index (κ3) is 3.85. The van der Waals surface area contributed by atoms with Crippen LogP contribution in [0.2, 0.25) is 0 Å². The molecule has 1 saturated heterocycles. The fraction of sp³-hybridized carbons (Fsp3) is 0.368. The van der Waals surface area contributed by atoms with E-state index in [0.29, 0.717) is 17.5 Å². The molecule has 0 atom stereocenters.